The van der Waals surface area contributed by atoms with Crippen LogP contribution in [0.3, 0.4) is 0 Å². The molecule has 36 heavy (non-hydrogen) atoms. The lowest BCUT2D eigenvalue weighted by Crippen LogP contribution is -2.47. The third-order valence-corrected chi connectivity index (χ3v) is 6.01. The number of anilines is 2. The Hall–Kier alpha value is -4.22. The molecule has 1 fully saturated rings. The summed E-state index contributed by atoms with van der Waals surface area (Å²) in [5.41, 5.74) is -1.13. The first-order valence-electron chi connectivity index (χ1n) is 11.1. The number of nitrogens with zero attached hydrogens (tertiary/aromatic N) is 6. The zero-order chi connectivity index (χ0) is 25.6. The van der Waals surface area contributed by atoms with Gasteiger partial charge in [0, 0.05) is 31.7 Å². The molecule has 1 aliphatic rings. The average molecular weight is 498 g/mol. The number of hydrogen-bond donors (Lipinski definition) is 1. The summed E-state index contributed by atoms with van der Waals surface area (Å²) >= 11 is 0. The van der Waals surface area contributed by atoms with Crippen molar-refractivity contribution in [3.63, 3.8) is 0 Å². The summed E-state index contributed by atoms with van der Waals surface area (Å²) in [6, 6.07) is 6.44. The molecular weight excluding hydrogens is 477 g/mol. The fourth-order valence-electron chi connectivity index (χ4n) is 4.15. The van der Waals surface area contributed by atoms with Gasteiger partial charge in [0.2, 0.25) is 0 Å². The molecule has 0 saturated carbocycles. The Morgan fingerprint density at radius 2 is 1.75 bits per heavy atom. The molecule has 0 spiro atoms. The van der Waals surface area contributed by atoms with Crippen molar-refractivity contribution in [1.29, 1.82) is 0 Å². The molecule has 0 aliphatic carbocycles. The summed E-state index contributed by atoms with van der Waals surface area (Å²) in [6.07, 6.45) is 1.31. The van der Waals surface area contributed by atoms with Crippen molar-refractivity contribution in [3.8, 4) is 11.1 Å². The van der Waals surface area contributed by atoms with Gasteiger partial charge in [-0.3, -0.25) is 0 Å². The second kappa shape index (κ2) is 8.77. The number of alkyl halides is 1. The molecule has 0 unspecified atom stereocenters. The van der Waals surface area contributed by atoms with Crippen LogP contribution in [0, 0.1) is 11.6 Å². The SMILES string of the molecule is CC(C)(F)c1nc(N2CCN(c3ncnc4c(-c5ccc(C(=O)O)c(F)c5)ccc(F)c34)CC2)no1. The van der Waals surface area contributed by atoms with Gasteiger partial charge in [0.05, 0.1) is 16.5 Å². The molecule has 1 N–H and O–H groups in total. The smallest absolute Gasteiger partial charge is 0.338 e. The number of piperazine rings is 1. The van der Waals surface area contributed by atoms with Crippen LogP contribution in [0.15, 0.2) is 41.2 Å². The van der Waals surface area contributed by atoms with Gasteiger partial charge in [0.15, 0.2) is 5.67 Å². The minimum Gasteiger partial charge on any atom is -0.478 e. The maximum absolute atomic E-state index is 15.1. The molecule has 0 radical (unpaired) electrons. The topological polar surface area (TPSA) is 108 Å². The van der Waals surface area contributed by atoms with Crippen molar-refractivity contribution in [2.45, 2.75) is 19.5 Å². The highest BCUT2D eigenvalue weighted by Crippen LogP contribution is 2.34. The van der Waals surface area contributed by atoms with Gasteiger partial charge in [-0.1, -0.05) is 6.07 Å². The van der Waals surface area contributed by atoms with E-state index in [0.29, 0.717) is 43.1 Å². The summed E-state index contributed by atoms with van der Waals surface area (Å²) in [4.78, 5) is 27.6. The Morgan fingerprint density at radius 1 is 1.03 bits per heavy atom. The summed E-state index contributed by atoms with van der Waals surface area (Å²) in [5.74, 6) is -2.27. The summed E-state index contributed by atoms with van der Waals surface area (Å²) in [7, 11) is 0. The molecule has 12 heteroatoms. The molecular formula is C24H21F3N6O3. The Balaban J connectivity index is 1.45. The van der Waals surface area contributed by atoms with Crippen LogP contribution in [0.5, 0.6) is 0 Å². The molecule has 9 nitrogen and oxygen atoms in total. The Bertz CT molecular complexity index is 1460. The molecule has 186 valence electrons. The van der Waals surface area contributed by atoms with Crippen LogP contribution in [0.2, 0.25) is 0 Å². The number of aromatic carboxylic acids is 1. The maximum Gasteiger partial charge on any atom is 0.338 e. The van der Waals surface area contributed by atoms with E-state index in [-0.39, 0.29) is 22.7 Å². The van der Waals surface area contributed by atoms with Gasteiger partial charge in [0.25, 0.3) is 11.8 Å². The minimum atomic E-state index is -1.75. The van der Waals surface area contributed by atoms with E-state index in [0.717, 1.165) is 12.1 Å². The number of rotatable bonds is 5. The highest BCUT2D eigenvalue weighted by atomic mass is 19.1. The van der Waals surface area contributed by atoms with E-state index in [1.54, 1.807) is 0 Å². The molecule has 2 aromatic heterocycles. The lowest BCUT2D eigenvalue weighted by Gasteiger charge is -2.35. The number of halogens is 3. The van der Waals surface area contributed by atoms with Gasteiger partial charge < -0.3 is 19.4 Å². The fraction of sp³-hybridized carbons (Fsp3) is 0.292. The molecule has 4 aromatic rings. The molecule has 0 bridgehead atoms. The lowest BCUT2D eigenvalue weighted by atomic mass is 10.00. The van der Waals surface area contributed by atoms with Crippen LogP contribution in [0.25, 0.3) is 22.0 Å². The van der Waals surface area contributed by atoms with Gasteiger partial charge in [0.1, 0.15) is 23.8 Å². The third kappa shape index (κ3) is 4.18. The first-order chi connectivity index (χ1) is 17.1. The molecule has 1 aliphatic heterocycles. The standard InChI is InChI=1S/C24H21F3N6O3/c1-24(2,27)22-30-23(31-36-22)33-9-7-32(8-10-33)20-18-16(25)6-5-14(19(18)28-12-29-20)13-3-4-15(21(34)35)17(26)11-13/h3-6,11-12H,7-10H2,1-2H3,(H,34,35). The number of carboxylic acid groups (broad SMARTS) is 1. The highest BCUT2D eigenvalue weighted by molar-refractivity contribution is 6.00. The molecule has 3 heterocycles. The number of carboxylic acids is 1. The van der Waals surface area contributed by atoms with Crippen LogP contribution < -0.4 is 9.80 Å². The van der Waals surface area contributed by atoms with E-state index < -0.39 is 28.8 Å². The normalized spacial score (nSPS) is 14.5. The van der Waals surface area contributed by atoms with Crippen molar-refractivity contribution < 1.29 is 27.6 Å². The number of hydrogen-bond acceptors (Lipinski definition) is 8. The second-order valence-corrected chi connectivity index (χ2v) is 8.86. The Labute approximate surface area is 203 Å². The van der Waals surface area contributed by atoms with Crippen LogP contribution >= 0.6 is 0 Å². The van der Waals surface area contributed by atoms with Gasteiger partial charge >= 0.3 is 5.97 Å². The number of aromatic nitrogens is 4. The van der Waals surface area contributed by atoms with E-state index in [9.17, 15) is 13.6 Å². The Morgan fingerprint density at radius 3 is 2.39 bits per heavy atom. The van der Waals surface area contributed by atoms with E-state index in [1.807, 2.05) is 9.80 Å². The van der Waals surface area contributed by atoms with Crippen molar-refractivity contribution in [1.82, 2.24) is 20.1 Å². The molecule has 0 atom stereocenters. The van der Waals surface area contributed by atoms with Crippen LogP contribution in [0.1, 0.15) is 30.1 Å². The van der Waals surface area contributed by atoms with Crippen LogP contribution in [-0.4, -0.2) is 57.4 Å². The average Bonchev–Trinajstić information content (AvgIpc) is 3.35. The summed E-state index contributed by atoms with van der Waals surface area (Å²) < 4.78 is 48.5. The molecule has 0 amide bonds. The fourth-order valence-corrected chi connectivity index (χ4v) is 4.15. The van der Waals surface area contributed by atoms with Gasteiger partial charge in [-0.2, -0.15) is 4.98 Å². The molecule has 5 rings (SSSR count). The van der Waals surface area contributed by atoms with Crippen molar-refractivity contribution in [2.75, 3.05) is 36.0 Å². The van der Waals surface area contributed by atoms with Gasteiger partial charge in [-0.15, -0.1) is 0 Å². The van der Waals surface area contributed by atoms with Crippen molar-refractivity contribution in [3.05, 3.63) is 59.7 Å². The van der Waals surface area contributed by atoms with E-state index in [1.165, 1.54) is 38.4 Å². The van der Waals surface area contributed by atoms with E-state index in [4.69, 9.17) is 9.63 Å². The third-order valence-electron chi connectivity index (χ3n) is 6.01. The van der Waals surface area contributed by atoms with Gasteiger partial charge in [-0.05, 0) is 48.8 Å². The first-order valence-corrected chi connectivity index (χ1v) is 11.1. The Kier molecular flexibility index (Phi) is 5.73. The maximum atomic E-state index is 15.1. The molecule has 1 saturated heterocycles. The van der Waals surface area contributed by atoms with Gasteiger partial charge in [-0.25, -0.2) is 27.9 Å². The minimum absolute atomic E-state index is 0.107. The molecule has 2 aromatic carbocycles. The summed E-state index contributed by atoms with van der Waals surface area (Å²) in [6.45, 7) is 4.47. The van der Waals surface area contributed by atoms with Crippen molar-refractivity contribution >= 4 is 28.6 Å². The number of carbonyl (C=O) groups is 1. The van der Waals surface area contributed by atoms with Crippen LogP contribution in [0.4, 0.5) is 24.9 Å². The van der Waals surface area contributed by atoms with E-state index >= 15 is 4.39 Å². The van der Waals surface area contributed by atoms with Crippen molar-refractivity contribution in [2.24, 2.45) is 0 Å². The lowest BCUT2D eigenvalue weighted by molar-refractivity contribution is 0.0692. The predicted molar refractivity (Wildman–Crippen MR) is 125 cm³/mol. The monoisotopic (exact) mass is 498 g/mol. The predicted octanol–water partition coefficient (Wildman–Crippen LogP) is 4.19. The number of benzene rings is 2. The summed E-state index contributed by atoms with van der Waals surface area (Å²) in [5, 5.41) is 13.1. The second-order valence-electron chi connectivity index (χ2n) is 8.86. The first kappa shape index (κ1) is 23.5. The largest absolute Gasteiger partial charge is 0.478 e. The highest BCUT2D eigenvalue weighted by Gasteiger charge is 2.30. The quantitative estimate of drug-likeness (QED) is 0.433. The zero-order valence-corrected chi connectivity index (χ0v) is 19.4. The van der Waals surface area contributed by atoms with Crippen LogP contribution in [-0.2, 0) is 5.67 Å². The van der Waals surface area contributed by atoms with E-state index in [2.05, 4.69) is 20.1 Å². The zero-order valence-electron chi connectivity index (χ0n) is 19.4. The number of fused-ring (bicyclic) bond motifs is 1.